The van der Waals surface area contributed by atoms with E-state index in [2.05, 4.69) is 116 Å². The van der Waals surface area contributed by atoms with Gasteiger partial charge in [0, 0.05) is 41.3 Å². The molecule has 34 heavy (non-hydrogen) atoms. The highest BCUT2D eigenvalue weighted by Gasteiger charge is 2.14. The Morgan fingerprint density at radius 1 is 0.765 bits per heavy atom. The molecule has 0 bridgehead atoms. The minimum absolute atomic E-state index is 1.03. The van der Waals surface area contributed by atoms with E-state index in [0.717, 1.165) is 26.2 Å². The summed E-state index contributed by atoms with van der Waals surface area (Å²) in [5, 5.41) is 0. The van der Waals surface area contributed by atoms with E-state index in [4.69, 9.17) is 17.5 Å². The van der Waals surface area contributed by atoms with Gasteiger partial charge in [-0.2, -0.15) is 0 Å². The lowest BCUT2D eigenvalue weighted by Crippen LogP contribution is -2.21. The van der Waals surface area contributed by atoms with Crippen LogP contribution in [-0.4, -0.2) is 54.0 Å². The van der Waals surface area contributed by atoms with Crippen LogP contribution in [0.5, 0.6) is 0 Å². The predicted molar refractivity (Wildman–Crippen MR) is 138 cm³/mol. The molecular weight excluding hydrogens is 448 g/mol. The summed E-state index contributed by atoms with van der Waals surface area (Å²) in [6, 6.07) is 19.7. The van der Waals surface area contributed by atoms with Crippen LogP contribution in [0, 0.1) is 0 Å². The van der Waals surface area contributed by atoms with E-state index in [0.29, 0.717) is 0 Å². The number of anilines is 1. The molecule has 182 valence electrons. The minimum Gasteiger partial charge on any atom is -0.759 e. The molecule has 7 heteroatoms. The maximum atomic E-state index is 8.52. The van der Waals surface area contributed by atoms with E-state index in [1.165, 1.54) is 33.7 Å². The van der Waals surface area contributed by atoms with Crippen molar-refractivity contribution in [2.24, 2.45) is 0 Å². The molecule has 0 atom stereocenters. The van der Waals surface area contributed by atoms with Gasteiger partial charge in [-0.3, -0.25) is 8.42 Å². The van der Waals surface area contributed by atoms with Crippen LogP contribution in [0.4, 0.5) is 5.69 Å². The molecule has 0 radical (unpaired) electrons. The molecular formula is C27H33N2O4S-. The number of allylic oxidation sites excluding steroid dienone is 5. The van der Waals surface area contributed by atoms with Gasteiger partial charge in [-0.15, -0.1) is 0 Å². The molecule has 0 aliphatic heterocycles. The van der Waals surface area contributed by atoms with Gasteiger partial charge in [-0.1, -0.05) is 42.5 Å². The summed E-state index contributed by atoms with van der Waals surface area (Å²) in [4.78, 5) is 2.38. The lowest BCUT2D eigenvalue weighted by Gasteiger charge is -2.22. The van der Waals surface area contributed by atoms with E-state index in [1.807, 2.05) is 0 Å². The molecule has 6 nitrogen and oxygen atoms in total. The third-order valence-electron chi connectivity index (χ3n) is 5.63. The van der Waals surface area contributed by atoms with Gasteiger partial charge in [0.1, 0.15) is 13.1 Å². The summed E-state index contributed by atoms with van der Waals surface area (Å²) in [7, 11) is -5.17. The summed E-state index contributed by atoms with van der Waals surface area (Å²) in [5.41, 5.74) is 7.60. The van der Waals surface area contributed by atoms with Crippen molar-refractivity contribution in [3.63, 3.8) is 0 Å². The standard InChI is InChI=1S/C27H33N2.H2O4S/c1-5-28(6-2)25-18-14-23(15-19-25)27(22-12-10-9-11-13-22)24-16-20-26(21-17-24)29(7-3)8-4;1-5(2,3)4/h9-21H,5-8H2,1-4H3;(H2,1,2,3,4)/q+1;/p-2. The zero-order valence-electron chi connectivity index (χ0n) is 20.3. The Morgan fingerprint density at radius 2 is 1.24 bits per heavy atom. The first kappa shape index (κ1) is 27.2. The topological polar surface area (TPSA) is 86.5 Å². The van der Waals surface area contributed by atoms with Crippen molar-refractivity contribution in [1.29, 1.82) is 0 Å². The molecule has 0 saturated heterocycles. The molecule has 1 aliphatic rings. The first-order valence-electron chi connectivity index (χ1n) is 11.5. The third kappa shape index (κ3) is 8.09. The number of nitrogens with zero attached hydrogens (tertiary/aromatic N) is 2. The zero-order valence-corrected chi connectivity index (χ0v) is 21.1. The van der Waals surface area contributed by atoms with Gasteiger partial charge in [-0.25, -0.2) is 4.58 Å². The summed E-state index contributed by atoms with van der Waals surface area (Å²) in [6.45, 7) is 12.9. The van der Waals surface area contributed by atoms with Crippen LogP contribution in [0.3, 0.4) is 0 Å². The van der Waals surface area contributed by atoms with Gasteiger partial charge in [0.15, 0.2) is 5.71 Å². The van der Waals surface area contributed by atoms with Crippen LogP contribution < -0.4 is 4.90 Å². The van der Waals surface area contributed by atoms with Gasteiger partial charge in [0.05, 0.1) is 0 Å². The Morgan fingerprint density at radius 3 is 1.68 bits per heavy atom. The number of benzene rings is 2. The Bertz CT molecular complexity index is 1130. The zero-order chi connectivity index (χ0) is 25.1. The van der Waals surface area contributed by atoms with Gasteiger partial charge >= 0.3 is 0 Å². The Labute approximate surface area is 203 Å². The Balaban J connectivity index is 0.000000739. The van der Waals surface area contributed by atoms with Crippen molar-refractivity contribution >= 4 is 27.4 Å². The molecule has 0 unspecified atom stereocenters. The molecule has 0 spiro atoms. The van der Waals surface area contributed by atoms with Crippen LogP contribution >= 0.6 is 0 Å². The van der Waals surface area contributed by atoms with Gasteiger partial charge in [0.25, 0.3) is 0 Å². The summed E-state index contributed by atoms with van der Waals surface area (Å²) in [6.07, 6.45) is 9.01. The van der Waals surface area contributed by atoms with E-state index in [9.17, 15) is 0 Å². The van der Waals surface area contributed by atoms with E-state index < -0.39 is 10.4 Å². The number of rotatable bonds is 7. The number of hydrogen-bond acceptors (Lipinski definition) is 5. The van der Waals surface area contributed by atoms with Crippen molar-refractivity contribution in [1.82, 2.24) is 0 Å². The van der Waals surface area contributed by atoms with Crippen LogP contribution in [0.15, 0.2) is 84.5 Å². The van der Waals surface area contributed by atoms with Crippen molar-refractivity contribution < 1.29 is 22.1 Å². The maximum absolute atomic E-state index is 8.52. The first-order chi connectivity index (χ1) is 16.2. The van der Waals surface area contributed by atoms with E-state index in [1.54, 1.807) is 0 Å². The highest BCUT2D eigenvalue weighted by Crippen LogP contribution is 2.31. The third-order valence-corrected chi connectivity index (χ3v) is 5.63. The van der Waals surface area contributed by atoms with Crippen molar-refractivity contribution in [2.75, 3.05) is 31.1 Å². The molecule has 1 aliphatic carbocycles. The second-order valence-corrected chi connectivity index (χ2v) is 8.40. The second-order valence-electron chi connectivity index (χ2n) is 7.59. The molecule has 0 fully saturated rings. The van der Waals surface area contributed by atoms with Crippen molar-refractivity contribution in [3.8, 4) is 0 Å². The highest BCUT2D eigenvalue weighted by atomic mass is 32.3. The van der Waals surface area contributed by atoms with Gasteiger partial charge < -0.3 is 14.0 Å². The molecule has 0 N–H and O–H groups in total. The van der Waals surface area contributed by atoms with Crippen molar-refractivity contribution in [3.05, 3.63) is 95.6 Å². The average molecular weight is 482 g/mol. The summed E-state index contributed by atoms with van der Waals surface area (Å²) >= 11 is 0. The average Bonchev–Trinajstić information content (AvgIpc) is 2.82. The van der Waals surface area contributed by atoms with E-state index in [-0.39, 0.29) is 0 Å². The predicted octanol–water partition coefficient (Wildman–Crippen LogP) is 4.62. The quantitative estimate of drug-likeness (QED) is 0.327. The fraction of sp³-hybridized carbons (Fsp3) is 0.296. The fourth-order valence-corrected chi connectivity index (χ4v) is 3.96. The molecule has 2 aromatic rings. The van der Waals surface area contributed by atoms with Crippen LogP contribution in [-0.2, 0) is 10.4 Å². The fourth-order valence-electron chi connectivity index (χ4n) is 3.96. The molecule has 2 aromatic carbocycles. The summed E-state index contributed by atoms with van der Waals surface area (Å²) < 4.78 is 36.5. The smallest absolute Gasteiger partial charge is 0.199 e. The normalized spacial score (nSPS) is 12.8. The van der Waals surface area contributed by atoms with Gasteiger partial charge in [0.2, 0.25) is 0 Å². The SMILES string of the molecule is CCN(CC)c1ccc(C(=C2C=CC(=[N+](CC)CC)C=C2)c2ccccc2)cc1.O=S(=O)([O-])[O-]. The second kappa shape index (κ2) is 13.0. The lowest BCUT2D eigenvalue weighted by atomic mass is 9.90. The minimum atomic E-state index is -5.17. The largest absolute Gasteiger partial charge is 0.759 e. The van der Waals surface area contributed by atoms with Crippen LogP contribution in [0.25, 0.3) is 5.57 Å². The molecule has 0 amide bonds. The van der Waals surface area contributed by atoms with Crippen LogP contribution in [0.2, 0.25) is 0 Å². The lowest BCUT2D eigenvalue weighted by molar-refractivity contribution is -0.519. The highest BCUT2D eigenvalue weighted by molar-refractivity contribution is 7.79. The molecule has 0 aromatic heterocycles. The first-order valence-corrected chi connectivity index (χ1v) is 12.8. The molecule has 0 saturated carbocycles. The summed E-state index contributed by atoms with van der Waals surface area (Å²) in [5.74, 6) is 0. The Hall–Kier alpha value is -3.00. The van der Waals surface area contributed by atoms with Gasteiger partial charge in [-0.05, 0) is 74.3 Å². The molecule has 3 rings (SSSR count). The van der Waals surface area contributed by atoms with Crippen LogP contribution in [0.1, 0.15) is 38.8 Å². The van der Waals surface area contributed by atoms with E-state index >= 15 is 0 Å². The maximum Gasteiger partial charge on any atom is 0.199 e. The molecule has 0 heterocycles. The monoisotopic (exact) mass is 481 g/mol. The van der Waals surface area contributed by atoms with Crippen molar-refractivity contribution in [2.45, 2.75) is 27.7 Å². The Kier molecular flexibility index (Phi) is 10.4. The number of hydrogen-bond donors (Lipinski definition) is 0.